The minimum atomic E-state index is -0.970. The lowest BCUT2D eigenvalue weighted by Crippen LogP contribution is -2.32. The average molecular weight is 307 g/mol. The number of benzene rings is 1. The Bertz CT molecular complexity index is 717. The van der Waals surface area contributed by atoms with Crippen LogP contribution in [0.3, 0.4) is 0 Å². The van der Waals surface area contributed by atoms with E-state index < -0.39 is 23.8 Å². The predicted molar refractivity (Wildman–Crippen MR) is 74.1 cm³/mol. The van der Waals surface area contributed by atoms with Crippen LogP contribution >= 0.6 is 0 Å². The number of aliphatic hydroxyl groups excluding tert-OH is 1. The van der Waals surface area contributed by atoms with Gasteiger partial charge in [0.2, 0.25) is 0 Å². The first-order valence-corrected chi connectivity index (χ1v) is 6.91. The van der Waals surface area contributed by atoms with Crippen molar-refractivity contribution in [3.63, 3.8) is 0 Å². The average Bonchev–Trinajstić information content (AvgIpc) is 3.07. The second-order valence-electron chi connectivity index (χ2n) is 5.47. The number of halogens is 2. The third-order valence-electron chi connectivity index (χ3n) is 3.79. The Kier molecular flexibility index (Phi) is 3.66. The summed E-state index contributed by atoms with van der Waals surface area (Å²) in [4.78, 5) is 13.9. The lowest BCUT2D eigenvalue weighted by molar-refractivity contribution is 0.0709. The van der Waals surface area contributed by atoms with Gasteiger partial charge in [0, 0.05) is 12.2 Å². The van der Waals surface area contributed by atoms with Gasteiger partial charge in [-0.25, -0.2) is 8.78 Å². The first-order valence-electron chi connectivity index (χ1n) is 6.91. The molecular weight excluding hydrogens is 292 g/mol. The summed E-state index contributed by atoms with van der Waals surface area (Å²) in [6.07, 6.45) is -0.428. The maximum atomic E-state index is 13.4. The summed E-state index contributed by atoms with van der Waals surface area (Å²) in [6, 6.07) is 4.62. The summed E-state index contributed by atoms with van der Waals surface area (Å²) < 4.78 is 26.5. The van der Waals surface area contributed by atoms with Crippen molar-refractivity contribution in [3.05, 3.63) is 52.9 Å². The van der Waals surface area contributed by atoms with Crippen LogP contribution in [0.1, 0.15) is 34.2 Å². The lowest BCUT2D eigenvalue weighted by atomic mass is 10.0. The molecular formula is C15H15F2N3O2. The largest absolute Gasteiger partial charge is 0.391 e. The van der Waals surface area contributed by atoms with Crippen molar-refractivity contribution in [3.8, 4) is 0 Å². The van der Waals surface area contributed by atoms with E-state index >= 15 is 0 Å². The highest BCUT2D eigenvalue weighted by Gasteiger charge is 2.36. The molecule has 1 amide bonds. The monoisotopic (exact) mass is 307 g/mol. The first-order chi connectivity index (χ1) is 10.5. The molecule has 3 rings (SSSR count). The highest BCUT2D eigenvalue weighted by Crippen LogP contribution is 2.33. The van der Waals surface area contributed by atoms with E-state index in [-0.39, 0.29) is 24.6 Å². The van der Waals surface area contributed by atoms with Gasteiger partial charge in [0.05, 0.1) is 12.1 Å². The Morgan fingerprint density at radius 2 is 2.14 bits per heavy atom. The number of hydrogen-bond acceptors (Lipinski definition) is 3. The van der Waals surface area contributed by atoms with Crippen LogP contribution in [0.15, 0.2) is 24.3 Å². The van der Waals surface area contributed by atoms with Crippen LogP contribution in [-0.4, -0.2) is 38.8 Å². The number of likely N-dealkylation sites (tertiary alicyclic amines) is 1. The predicted octanol–water partition coefficient (Wildman–Crippen LogP) is 1.94. The Hall–Kier alpha value is -2.28. The summed E-state index contributed by atoms with van der Waals surface area (Å²) >= 11 is 0. The third kappa shape index (κ3) is 2.59. The number of aliphatic hydroxyl groups is 1. The molecule has 1 aliphatic rings. The van der Waals surface area contributed by atoms with Crippen LogP contribution in [0.25, 0.3) is 0 Å². The zero-order chi connectivity index (χ0) is 15.9. The second kappa shape index (κ2) is 5.49. The number of amides is 1. The Balaban J connectivity index is 1.91. The van der Waals surface area contributed by atoms with Crippen molar-refractivity contribution in [2.45, 2.75) is 25.5 Å². The molecule has 2 N–H and O–H groups in total. The molecule has 7 heteroatoms. The molecule has 2 atom stereocenters. The maximum absolute atomic E-state index is 13.4. The van der Waals surface area contributed by atoms with Crippen molar-refractivity contribution in [1.29, 1.82) is 0 Å². The van der Waals surface area contributed by atoms with Gasteiger partial charge in [0.15, 0.2) is 11.6 Å². The van der Waals surface area contributed by atoms with E-state index in [9.17, 15) is 18.7 Å². The van der Waals surface area contributed by atoms with Gasteiger partial charge in [-0.15, -0.1) is 0 Å². The number of aromatic nitrogens is 2. The molecule has 2 heterocycles. The second-order valence-corrected chi connectivity index (χ2v) is 5.47. The summed E-state index contributed by atoms with van der Waals surface area (Å²) in [5.74, 6) is -2.26. The van der Waals surface area contributed by atoms with Gasteiger partial charge in [-0.1, -0.05) is 6.07 Å². The molecule has 1 saturated heterocycles. The van der Waals surface area contributed by atoms with Crippen molar-refractivity contribution in [2.24, 2.45) is 0 Å². The molecule has 2 unspecified atom stereocenters. The number of nitrogens with one attached hydrogen (secondary N) is 1. The van der Waals surface area contributed by atoms with Crippen molar-refractivity contribution < 1.29 is 18.7 Å². The van der Waals surface area contributed by atoms with Gasteiger partial charge < -0.3 is 10.0 Å². The topological polar surface area (TPSA) is 69.2 Å². The normalized spacial score (nSPS) is 21.4. The van der Waals surface area contributed by atoms with E-state index in [0.29, 0.717) is 5.56 Å². The molecule has 1 aromatic carbocycles. The lowest BCUT2D eigenvalue weighted by Gasteiger charge is -2.24. The standard InChI is InChI=1S/C15H15F2N3O2/c1-8-4-13(19-18-8)15(22)20-7-10(21)6-14(20)9-2-3-11(16)12(17)5-9/h2-5,10,14,21H,6-7H2,1H3,(H,18,19). The molecule has 0 spiro atoms. The molecule has 0 bridgehead atoms. The highest BCUT2D eigenvalue weighted by atomic mass is 19.2. The van der Waals surface area contributed by atoms with E-state index in [1.54, 1.807) is 13.0 Å². The fraction of sp³-hybridized carbons (Fsp3) is 0.333. The molecule has 116 valence electrons. The first kappa shape index (κ1) is 14.6. The van der Waals surface area contributed by atoms with Gasteiger partial charge in [-0.2, -0.15) is 5.10 Å². The van der Waals surface area contributed by atoms with Gasteiger partial charge in [0.25, 0.3) is 5.91 Å². The molecule has 5 nitrogen and oxygen atoms in total. The van der Waals surface area contributed by atoms with Gasteiger partial charge in [-0.3, -0.25) is 9.89 Å². The number of H-pyrrole nitrogens is 1. The van der Waals surface area contributed by atoms with Crippen LogP contribution in [0.2, 0.25) is 0 Å². The summed E-state index contributed by atoms with van der Waals surface area (Å²) in [5.41, 5.74) is 1.43. The minimum absolute atomic E-state index is 0.133. The van der Waals surface area contributed by atoms with E-state index in [1.807, 2.05) is 0 Å². The van der Waals surface area contributed by atoms with E-state index in [4.69, 9.17) is 0 Å². The fourth-order valence-corrected chi connectivity index (χ4v) is 2.75. The molecule has 2 aromatic rings. The van der Waals surface area contributed by atoms with E-state index in [2.05, 4.69) is 10.2 Å². The van der Waals surface area contributed by atoms with E-state index in [0.717, 1.165) is 17.8 Å². The van der Waals surface area contributed by atoms with Crippen molar-refractivity contribution in [2.75, 3.05) is 6.54 Å². The Labute approximate surface area is 125 Å². The molecule has 1 aromatic heterocycles. The Morgan fingerprint density at radius 3 is 2.77 bits per heavy atom. The number of carbonyl (C=O) groups is 1. The third-order valence-corrected chi connectivity index (χ3v) is 3.79. The smallest absolute Gasteiger partial charge is 0.274 e. The zero-order valence-electron chi connectivity index (χ0n) is 11.9. The molecule has 0 aliphatic carbocycles. The molecule has 1 fully saturated rings. The van der Waals surface area contributed by atoms with Crippen LogP contribution in [-0.2, 0) is 0 Å². The molecule has 0 radical (unpaired) electrons. The fourth-order valence-electron chi connectivity index (χ4n) is 2.75. The van der Waals surface area contributed by atoms with Crippen LogP contribution in [0.5, 0.6) is 0 Å². The van der Waals surface area contributed by atoms with E-state index in [1.165, 1.54) is 11.0 Å². The number of hydrogen-bond donors (Lipinski definition) is 2. The van der Waals surface area contributed by atoms with Gasteiger partial charge in [-0.05, 0) is 37.1 Å². The number of rotatable bonds is 2. The van der Waals surface area contributed by atoms with Crippen molar-refractivity contribution >= 4 is 5.91 Å². The maximum Gasteiger partial charge on any atom is 0.274 e. The molecule has 0 saturated carbocycles. The highest BCUT2D eigenvalue weighted by molar-refractivity contribution is 5.93. The van der Waals surface area contributed by atoms with Crippen LogP contribution < -0.4 is 0 Å². The number of aromatic amines is 1. The number of nitrogens with zero attached hydrogens (tertiary/aromatic N) is 2. The zero-order valence-corrected chi connectivity index (χ0v) is 11.9. The summed E-state index contributed by atoms with van der Waals surface area (Å²) in [7, 11) is 0. The van der Waals surface area contributed by atoms with Crippen LogP contribution in [0.4, 0.5) is 8.78 Å². The number of β-amino-alcohol motifs (C(OH)–C–C–N with tert-alkyl or cyclic N) is 1. The van der Waals surface area contributed by atoms with Gasteiger partial charge in [0.1, 0.15) is 5.69 Å². The number of aryl methyl sites for hydroxylation is 1. The molecule has 22 heavy (non-hydrogen) atoms. The summed E-state index contributed by atoms with van der Waals surface area (Å²) in [6.45, 7) is 1.91. The van der Waals surface area contributed by atoms with Gasteiger partial charge >= 0.3 is 0 Å². The van der Waals surface area contributed by atoms with Crippen molar-refractivity contribution in [1.82, 2.24) is 15.1 Å². The number of carbonyl (C=O) groups excluding carboxylic acids is 1. The van der Waals surface area contributed by atoms with Crippen LogP contribution in [0, 0.1) is 18.6 Å². The molecule has 1 aliphatic heterocycles. The Morgan fingerprint density at radius 1 is 1.36 bits per heavy atom. The quantitative estimate of drug-likeness (QED) is 0.891. The summed E-state index contributed by atoms with van der Waals surface area (Å²) in [5, 5.41) is 16.5. The SMILES string of the molecule is Cc1cc(C(=O)N2CC(O)CC2c2ccc(F)c(F)c2)n[nH]1. The minimum Gasteiger partial charge on any atom is -0.391 e.